The molecule has 8 aromatic rings. The molecule has 0 bridgehead atoms. The van der Waals surface area contributed by atoms with E-state index >= 15 is 0 Å². The van der Waals surface area contributed by atoms with Crippen molar-refractivity contribution in [2.75, 3.05) is 78.7 Å². The van der Waals surface area contributed by atoms with Crippen molar-refractivity contribution in [1.29, 1.82) is 0 Å². The average Bonchev–Trinajstić information content (AvgIpc) is 0.735. The maximum atomic E-state index is 12.4. The molecule has 0 spiro atoms. The second-order valence-electron chi connectivity index (χ2n) is 43.3. The van der Waals surface area contributed by atoms with Crippen LogP contribution in [0.2, 0.25) is 0 Å². The van der Waals surface area contributed by atoms with Gasteiger partial charge in [0.1, 0.15) is 15.7 Å². The SMILES string of the molecule is CC(C)(C)c1ccc2c(c1)NC(=O)C(C)(C)S2(=O)=O.CC(C)(C)c1ccc2c(c1)NC(=O)CS2.CC(C)(C)c1ccc2c(c1)NC(=O)CS2(=O)=O.CC(C)(C)c1ccc2c(c1)NCCS2.CC1(C)Sc2ccc(C(C)(C)C)cc2NC1=O.CC1C(=O)Nc2cc(C(C)(C)C)ccc2S1(=O)=O.CC1Sc2ccc(C(C)(C)C)cc2NC1=O.CN1C(=O)CSc2ccc(C(C)(C)C)cc21. The van der Waals surface area contributed by atoms with Crippen LogP contribution in [0.5, 0.6) is 0 Å². The number of hydrogen-bond acceptors (Lipinski definition) is 19. The lowest BCUT2D eigenvalue weighted by molar-refractivity contribution is -0.118. The Kier molecular flexibility index (Phi) is 32.5. The van der Waals surface area contributed by atoms with Crippen LogP contribution in [0.1, 0.15) is 252 Å². The smallest absolute Gasteiger partial charge is 0.245 e. The summed E-state index contributed by atoms with van der Waals surface area (Å²) in [6.45, 7) is 62.4. The lowest BCUT2D eigenvalue weighted by Gasteiger charge is -2.31. The fraction of sp³-hybridized carbons (Fsp3) is 0.466. The van der Waals surface area contributed by atoms with Gasteiger partial charge >= 0.3 is 0 Å². The highest BCUT2D eigenvalue weighted by Gasteiger charge is 2.48. The molecule has 0 aliphatic carbocycles. The molecule has 8 heterocycles. The van der Waals surface area contributed by atoms with Crippen molar-refractivity contribution in [2.24, 2.45) is 0 Å². The van der Waals surface area contributed by atoms with E-state index in [1.54, 1.807) is 100 Å². The molecule has 0 radical (unpaired) electrons. The van der Waals surface area contributed by atoms with Crippen molar-refractivity contribution >= 4 is 175 Å². The van der Waals surface area contributed by atoms with Gasteiger partial charge in [-0.1, -0.05) is 215 Å². The number of benzene rings is 8. The molecule has 16 rings (SSSR count). The zero-order chi connectivity index (χ0) is 99.1. The number of nitrogens with one attached hydrogen (secondary N) is 7. The largest absolute Gasteiger partial charge is 0.383 e. The van der Waals surface area contributed by atoms with Crippen molar-refractivity contribution in [3.63, 3.8) is 0 Å². The zero-order valence-corrected chi connectivity index (χ0v) is 89.1. The van der Waals surface area contributed by atoms with E-state index in [4.69, 9.17) is 0 Å². The van der Waals surface area contributed by atoms with Gasteiger partial charge in [0.15, 0.2) is 29.5 Å². The van der Waals surface area contributed by atoms with Crippen LogP contribution in [0.25, 0.3) is 0 Å². The molecule has 0 fully saturated rings. The Morgan fingerprint density at radius 2 is 0.705 bits per heavy atom. The molecular formula is C103H136N8O13S8. The zero-order valence-electron chi connectivity index (χ0n) is 82.6. The highest BCUT2D eigenvalue weighted by atomic mass is 32.2. The van der Waals surface area contributed by atoms with Gasteiger partial charge in [-0.15, -0.1) is 58.8 Å². The first-order valence-corrected chi connectivity index (χ1v) is 53.6. The van der Waals surface area contributed by atoms with E-state index < -0.39 is 63.0 Å². The average molecular weight is 1950 g/mol. The van der Waals surface area contributed by atoms with E-state index in [1.165, 1.54) is 79.6 Å². The number of carbonyl (C=O) groups excluding carboxylic acids is 7. The van der Waals surface area contributed by atoms with Crippen molar-refractivity contribution in [3.8, 4) is 0 Å². The quantitative estimate of drug-likeness (QED) is 0.0742. The molecular weight excluding hydrogens is 1810 g/mol. The first-order valence-electron chi connectivity index (χ1n) is 44.3. The van der Waals surface area contributed by atoms with Crippen LogP contribution in [0.3, 0.4) is 0 Å². The third kappa shape index (κ3) is 26.2. The Hall–Kier alpha value is -8.55. The number of nitrogens with zero attached hydrogens (tertiary/aromatic N) is 1. The third-order valence-corrected chi connectivity index (χ3v) is 35.2. The number of carbonyl (C=O) groups is 7. The molecule has 8 aliphatic heterocycles. The Morgan fingerprint density at radius 1 is 0.356 bits per heavy atom. The molecule has 0 aromatic heterocycles. The lowest BCUT2D eigenvalue weighted by atomic mass is 9.87. The van der Waals surface area contributed by atoms with E-state index in [0.29, 0.717) is 28.6 Å². The van der Waals surface area contributed by atoms with Gasteiger partial charge in [-0.05, 0) is 226 Å². The number of anilines is 8. The van der Waals surface area contributed by atoms with Gasteiger partial charge < -0.3 is 42.1 Å². The first kappa shape index (κ1) is 107. The van der Waals surface area contributed by atoms with Gasteiger partial charge in [-0.25, -0.2) is 25.3 Å². The summed E-state index contributed by atoms with van der Waals surface area (Å²) in [7, 11) is -8.80. The van der Waals surface area contributed by atoms with Gasteiger partial charge in [-0.2, -0.15) is 0 Å². The monoisotopic (exact) mass is 1950 g/mol. The molecule has 0 saturated carbocycles. The predicted molar refractivity (Wildman–Crippen MR) is 552 cm³/mol. The number of sulfone groups is 3. The molecule has 7 amide bonds. The maximum Gasteiger partial charge on any atom is 0.245 e. The minimum atomic E-state index is -3.64. The number of thioether (sulfide) groups is 5. The van der Waals surface area contributed by atoms with Crippen molar-refractivity contribution < 1.29 is 58.8 Å². The summed E-state index contributed by atoms with van der Waals surface area (Å²) < 4.78 is 70.9. The van der Waals surface area contributed by atoms with Crippen LogP contribution < -0.4 is 42.1 Å². The molecule has 2 atom stereocenters. The molecule has 7 N–H and O–H groups in total. The minimum absolute atomic E-state index is 0.00740. The lowest BCUT2D eigenvalue weighted by Crippen LogP contribution is -2.48. The van der Waals surface area contributed by atoms with E-state index in [2.05, 4.69) is 232 Å². The van der Waals surface area contributed by atoms with Crippen LogP contribution in [-0.4, -0.2) is 123 Å². The molecule has 8 aromatic carbocycles. The number of hydrogen-bond donors (Lipinski definition) is 7. The van der Waals surface area contributed by atoms with Crippen LogP contribution >= 0.6 is 58.8 Å². The standard InChI is InChI=1S/C14H19NO3S.C14H19NOS.C13H17NO3S.2C13H17NOS.C12H15NO3S.C12H15NOS.C12H17NS/c1-13(2,3)9-6-7-11-10(8-9)15-12(16)14(4,5)19(11,17)18;1-13(2,3)9-6-7-11-10(8-9)15-12(16)14(4,5)17-11;1-8-12(15)14-10-7-9(13(2,3)4)5-6-11(10)18(8,16)17;1-13(2,3)9-5-6-11-10(7-9)14(4)12(15)8-16-11;1-8-12(15)14-10-7-9(13(2,3)4)5-6-11(10)16-8;1-12(2,3)8-4-5-10-9(6-8)13-11(14)7-17(10,15)16;1-12(2,3)8-4-5-10-9(6-8)13-11(14)7-15-10;1-12(2,3)9-4-5-11-10(8-9)13-6-7-14-11/h6-8H,1-5H3,(H,15,16);6-8H,1-5H3,(H,15,16);5-8H,1-4H3,(H,14,15);5-7H,8H2,1-4H3;5-8H,1-4H3,(H,14,15);4-6H,7H2,1-3H3,(H,13,14);4-6H,7H2,1-3H3,(H,13,14);4-5,8,13H,6-7H2,1-3H3. The van der Waals surface area contributed by atoms with Crippen LogP contribution in [0.15, 0.2) is 185 Å². The van der Waals surface area contributed by atoms with Gasteiger partial charge in [0.05, 0.1) is 76.0 Å². The predicted octanol–water partition coefficient (Wildman–Crippen LogP) is 23.1. The minimum Gasteiger partial charge on any atom is -0.383 e. The van der Waals surface area contributed by atoms with Crippen molar-refractivity contribution in [1.82, 2.24) is 0 Å². The van der Waals surface area contributed by atoms with Crippen LogP contribution in [0.4, 0.5) is 45.5 Å². The fourth-order valence-corrected chi connectivity index (χ4v) is 22.9. The fourth-order valence-electron chi connectivity index (χ4n) is 14.1. The number of fused-ring (bicyclic) bond motifs is 8. The molecule has 8 aliphatic rings. The van der Waals surface area contributed by atoms with E-state index in [1.807, 2.05) is 108 Å². The Bertz CT molecular complexity index is 6140. The van der Waals surface area contributed by atoms with Gasteiger partial charge in [0, 0.05) is 49.5 Å². The summed E-state index contributed by atoms with van der Waals surface area (Å²) in [5.41, 5.74) is 16.3. The van der Waals surface area contributed by atoms with Gasteiger partial charge in [-0.3, -0.25) is 33.6 Å². The summed E-state index contributed by atoms with van der Waals surface area (Å²) >= 11 is 8.44. The van der Waals surface area contributed by atoms with E-state index in [0.717, 1.165) is 50.9 Å². The summed E-state index contributed by atoms with van der Waals surface area (Å²) in [4.78, 5) is 89.8. The molecule has 21 nitrogen and oxygen atoms in total. The molecule has 132 heavy (non-hydrogen) atoms. The number of rotatable bonds is 0. The Labute approximate surface area is 806 Å². The van der Waals surface area contributed by atoms with E-state index in [-0.39, 0.29) is 91.6 Å². The van der Waals surface area contributed by atoms with Crippen LogP contribution in [-0.2, 0) is 106 Å². The topological polar surface area (TPSA) is 309 Å². The molecule has 714 valence electrons. The summed E-state index contributed by atoms with van der Waals surface area (Å²) in [6.07, 6.45) is 0. The van der Waals surface area contributed by atoms with Gasteiger partial charge in [0.25, 0.3) is 0 Å². The Morgan fingerprint density at radius 3 is 1.18 bits per heavy atom. The first-order chi connectivity index (χ1) is 60.3. The maximum absolute atomic E-state index is 12.4. The third-order valence-electron chi connectivity index (χ3n) is 23.3. The summed E-state index contributed by atoms with van der Waals surface area (Å²) in [5, 5.41) is 19.3. The van der Waals surface area contributed by atoms with Crippen molar-refractivity contribution in [2.45, 2.75) is 310 Å². The second kappa shape index (κ2) is 40.0. The summed E-state index contributed by atoms with van der Waals surface area (Å²) in [6, 6.07) is 47.6. The molecule has 29 heteroatoms. The normalized spacial score (nSPS) is 18.7. The highest BCUT2D eigenvalue weighted by Crippen LogP contribution is 2.47. The second-order valence-corrected chi connectivity index (χ2v) is 56.2. The van der Waals surface area contributed by atoms with Gasteiger partial charge in [0.2, 0.25) is 41.4 Å². The Balaban J connectivity index is 0.000000170. The molecule has 0 saturated heterocycles. The number of amides is 7. The molecule has 2 unspecified atom stereocenters. The van der Waals surface area contributed by atoms with Crippen molar-refractivity contribution in [3.05, 3.63) is 190 Å². The van der Waals surface area contributed by atoms with Crippen LogP contribution in [0, 0.1) is 0 Å². The summed E-state index contributed by atoms with van der Waals surface area (Å²) in [5.74, 6) is 0.853. The highest BCUT2D eigenvalue weighted by molar-refractivity contribution is 8.02. The van der Waals surface area contributed by atoms with E-state index in [9.17, 15) is 58.8 Å².